The van der Waals surface area contributed by atoms with E-state index in [-0.39, 0.29) is 18.6 Å². The average Bonchev–Trinajstić information content (AvgIpc) is 3.42. The number of benzene rings is 1. The van der Waals surface area contributed by atoms with E-state index in [1.165, 1.54) is 64.6 Å². The van der Waals surface area contributed by atoms with Crippen LogP contribution in [0.2, 0.25) is 0 Å². The Kier molecular flexibility index (Phi) is 8.46. The van der Waals surface area contributed by atoms with E-state index in [1.54, 1.807) is 4.90 Å². The van der Waals surface area contributed by atoms with Crippen molar-refractivity contribution in [2.24, 2.45) is 11.3 Å². The first-order valence-corrected chi connectivity index (χ1v) is 14.4. The maximum absolute atomic E-state index is 12.8. The van der Waals surface area contributed by atoms with Crippen LogP contribution in [-0.2, 0) is 0 Å². The van der Waals surface area contributed by atoms with Gasteiger partial charge in [0.2, 0.25) is 5.88 Å². The third kappa shape index (κ3) is 6.53. The van der Waals surface area contributed by atoms with Crippen molar-refractivity contribution in [3.8, 4) is 17.0 Å². The molecule has 3 heterocycles. The Hall–Kier alpha value is -2.44. The van der Waals surface area contributed by atoms with Crippen molar-refractivity contribution in [3.63, 3.8) is 0 Å². The van der Waals surface area contributed by atoms with E-state index >= 15 is 0 Å². The average molecular weight is 506 g/mol. The zero-order valence-electron chi connectivity index (χ0n) is 22.4. The van der Waals surface area contributed by atoms with Crippen molar-refractivity contribution in [1.82, 2.24) is 14.8 Å². The summed E-state index contributed by atoms with van der Waals surface area (Å²) in [6, 6.07) is 11.6. The fraction of sp³-hybridized carbons (Fsp3) is 0.613. The highest BCUT2D eigenvalue weighted by atomic mass is 16.5. The Balaban J connectivity index is 1.08. The van der Waals surface area contributed by atoms with Gasteiger partial charge in [-0.3, -0.25) is 4.79 Å². The lowest BCUT2D eigenvalue weighted by Crippen LogP contribution is -2.42. The lowest BCUT2D eigenvalue weighted by Gasteiger charge is -2.41. The number of aliphatic hydroxyl groups excluding tert-OH is 1. The van der Waals surface area contributed by atoms with Crippen LogP contribution in [0.5, 0.6) is 5.88 Å². The summed E-state index contributed by atoms with van der Waals surface area (Å²) in [5.74, 6) is 1.28. The maximum atomic E-state index is 12.8. The monoisotopic (exact) mass is 505 g/mol. The smallest absolute Gasteiger partial charge is 0.254 e. The maximum Gasteiger partial charge on any atom is 0.254 e. The normalized spacial score (nSPS) is 22.8. The van der Waals surface area contributed by atoms with E-state index < -0.39 is 0 Å². The van der Waals surface area contributed by atoms with Gasteiger partial charge in [0.15, 0.2) is 0 Å². The van der Waals surface area contributed by atoms with Gasteiger partial charge in [-0.1, -0.05) is 38.3 Å². The van der Waals surface area contributed by atoms with Crippen LogP contribution in [0.4, 0.5) is 0 Å². The molecule has 1 aliphatic carbocycles. The SMILES string of the molecule is CC1(CN2CCC(COc3ccc(-c4ccc(C(=O)N5CCC[C@@H]5CO)cc4)cn3)CC2)CCCCC1. The number of rotatable bonds is 8. The minimum Gasteiger partial charge on any atom is -0.477 e. The van der Waals surface area contributed by atoms with Gasteiger partial charge in [-0.15, -0.1) is 0 Å². The highest BCUT2D eigenvalue weighted by Crippen LogP contribution is 2.37. The van der Waals surface area contributed by atoms with Gasteiger partial charge >= 0.3 is 0 Å². The minimum absolute atomic E-state index is 0.000932. The molecule has 6 nitrogen and oxygen atoms in total. The molecule has 2 aromatic rings. The third-order valence-corrected chi connectivity index (χ3v) is 8.89. The van der Waals surface area contributed by atoms with Crippen molar-refractivity contribution >= 4 is 5.91 Å². The van der Waals surface area contributed by atoms with E-state index in [1.807, 2.05) is 42.6 Å². The van der Waals surface area contributed by atoms with Gasteiger partial charge in [0.1, 0.15) is 0 Å². The van der Waals surface area contributed by atoms with Gasteiger partial charge in [-0.2, -0.15) is 0 Å². The van der Waals surface area contributed by atoms with E-state index in [0.29, 0.717) is 22.8 Å². The first kappa shape index (κ1) is 26.2. The number of nitrogens with zero attached hydrogens (tertiary/aromatic N) is 3. The van der Waals surface area contributed by atoms with Gasteiger partial charge in [0, 0.05) is 36.5 Å². The Bertz CT molecular complexity index is 1010. The molecule has 0 unspecified atom stereocenters. The van der Waals surface area contributed by atoms with Crippen molar-refractivity contribution in [3.05, 3.63) is 48.2 Å². The number of aromatic nitrogens is 1. The molecule has 0 bridgehead atoms. The Morgan fingerprint density at radius 3 is 2.38 bits per heavy atom. The van der Waals surface area contributed by atoms with Crippen LogP contribution in [0.3, 0.4) is 0 Å². The molecule has 37 heavy (non-hydrogen) atoms. The minimum atomic E-state index is -0.0542. The van der Waals surface area contributed by atoms with Gasteiger partial charge in [-0.25, -0.2) is 4.98 Å². The van der Waals surface area contributed by atoms with Crippen LogP contribution in [0.1, 0.15) is 75.1 Å². The van der Waals surface area contributed by atoms with Crippen LogP contribution in [0.25, 0.3) is 11.1 Å². The summed E-state index contributed by atoms with van der Waals surface area (Å²) < 4.78 is 6.07. The van der Waals surface area contributed by atoms with Gasteiger partial charge in [0.25, 0.3) is 5.91 Å². The Labute approximate surface area is 222 Å². The summed E-state index contributed by atoms with van der Waals surface area (Å²) >= 11 is 0. The molecule has 1 atom stereocenters. The van der Waals surface area contributed by atoms with Crippen LogP contribution in [0, 0.1) is 11.3 Å². The van der Waals surface area contributed by atoms with Gasteiger partial charge in [-0.05, 0) is 86.7 Å². The molecular weight excluding hydrogens is 462 g/mol. The fourth-order valence-corrected chi connectivity index (χ4v) is 6.52. The summed E-state index contributed by atoms with van der Waals surface area (Å²) in [6.45, 7) is 7.62. The number of amides is 1. The number of pyridine rings is 1. The molecule has 1 amide bonds. The molecule has 2 saturated heterocycles. The molecule has 2 aliphatic heterocycles. The van der Waals surface area contributed by atoms with E-state index in [2.05, 4.69) is 16.8 Å². The largest absolute Gasteiger partial charge is 0.477 e. The van der Waals surface area contributed by atoms with Crippen LogP contribution >= 0.6 is 0 Å². The molecule has 0 radical (unpaired) electrons. The molecule has 1 aromatic carbocycles. The molecule has 6 heteroatoms. The zero-order chi connectivity index (χ0) is 25.7. The molecule has 1 saturated carbocycles. The molecule has 0 spiro atoms. The predicted molar refractivity (Wildman–Crippen MR) is 147 cm³/mol. The number of aliphatic hydroxyl groups is 1. The number of carbonyl (C=O) groups excluding carboxylic acids is 1. The lowest BCUT2D eigenvalue weighted by molar-refractivity contribution is 0.0677. The van der Waals surface area contributed by atoms with Crippen molar-refractivity contribution in [2.45, 2.75) is 70.8 Å². The van der Waals surface area contributed by atoms with Crippen molar-refractivity contribution in [2.75, 3.05) is 39.4 Å². The quantitative estimate of drug-likeness (QED) is 0.520. The van der Waals surface area contributed by atoms with E-state index in [4.69, 9.17) is 4.74 Å². The Morgan fingerprint density at radius 1 is 0.973 bits per heavy atom. The fourth-order valence-electron chi connectivity index (χ4n) is 6.52. The number of carbonyl (C=O) groups is 1. The number of hydrogen-bond donors (Lipinski definition) is 1. The van der Waals surface area contributed by atoms with Gasteiger partial charge < -0.3 is 19.6 Å². The molecule has 1 N–H and O–H groups in total. The summed E-state index contributed by atoms with van der Waals surface area (Å²) in [6.07, 6.45) is 13.1. The number of piperidine rings is 1. The second-order valence-corrected chi connectivity index (χ2v) is 11.8. The second kappa shape index (κ2) is 12.0. The standard InChI is InChI=1S/C31H43N3O3/c1-31(15-3-2-4-16-31)23-33-18-13-24(14-19-33)22-37-29-12-11-27(20-32-29)25-7-9-26(10-8-25)30(36)34-17-5-6-28(34)21-35/h7-12,20,24,28,35H,2-6,13-19,21-23H2,1H3/t28-/m1/s1. The highest BCUT2D eigenvalue weighted by molar-refractivity contribution is 5.95. The lowest BCUT2D eigenvalue weighted by atomic mass is 9.75. The number of hydrogen-bond acceptors (Lipinski definition) is 5. The summed E-state index contributed by atoms with van der Waals surface area (Å²) in [5.41, 5.74) is 3.22. The highest BCUT2D eigenvalue weighted by Gasteiger charge is 2.31. The molecule has 1 aromatic heterocycles. The molecule has 200 valence electrons. The topological polar surface area (TPSA) is 65.9 Å². The van der Waals surface area contributed by atoms with Crippen molar-refractivity contribution < 1.29 is 14.6 Å². The molecule has 3 aliphatic rings. The van der Waals surface area contributed by atoms with E-state index in [9.17, 15) is 9.90 Å². The van der Waals surface area contributed by atoms with Gasteiger partial charge in [0.05, 0.1) is 19.3 Å². The van der Waals surface area contributed by atoms with Crippen LogP contribution in [-0.4, -0.2) is 71.2 Å². The molecular formula is C31H43N3O3. The van der Waals surface area contributed by atoms with Crippen molar-refractivity contribution in [1.29, 1.82) is 0 Å². The van der Waals surface area contributed by atoms with Crippen LogP contribution < -0.4 is 4.74 Å². The number of likely N-dealkylation sites (tertiary alicyclic amines) is 2. The molecule has 3 fully saturated rings. The number of ether oxygens (including phenoxy) is 1. The predicted octanol–water partition coefficient (Wildman–Crippen LogP) is 5.41. The molecule has 5 rings (SSSR count). The van der Waals surface area contributed by atoms with Crippen LogP contribution in [0.15, 0.2) is 42.6 Å². The van der Waals surface area contributed by atoms with E-state index in [0.717, 1.165) is 37.1 Å². The second-order valence-electron chi connectivity index (χ2n) is 11.8. The summed E-state index contributed by atoms with van der Waals surface area (Å²) in [7, 11) is 0. The first-order chi connectivity index (χ1) is 18.0. The summed E-state index contributed by atoms with van der Waals surface area (Å²) in [4.78, 5) is 21.8. The summed E-state index contributed by atoms with van der Waals surface area (Å²) in [5, 5.41) is 9.52. The Morgan fingerprint density at radius 2 is 1.70 bits per heavy atom. The first-order valence-electron chi connectivity index (χ1n) is 14.4. The zero-order valence-corrected chi connectivity index (χ0v) is 22.4. The third-order valence-electron chi connectivity index (χ3n) is 8.89.